The number of hydrogen-bond donors (Lipinski definition) is 3. The molecular formula is C15H17ClN2O4. The zero-order valence-electron chi connectivity index (χ0n) is 12.3. The quantitative estimate of drug-likeness (QED) is 0.774. The lowest BCUT2D eigenvalue weighted by Gasteiger charge is -2.14. The fourth-order valence-electron chi connectivity index (χ4n) is 1.87. The van der Waals surface area contributed by atoms with Gasteiger partial charge in [0, 0.05) is 11.6 Å². The van der Waals surface area contributed by atoms with Crippen molar-refractivity contribution in [1.82, 2.24) is 5.32 Å². The Hall–Kier alpha value is -2.08. The minimum atomic E-state index is -1.18. The number of nitrogens with one attached hydrogen (secondary N) is 2. The first-order chi connectivity index (χ1) is 10.2. The lowest BCUT2D eigenvalue weighted by molar-refractivity contribution is -0.140. The van der Waals surface area contributed by atoms with Crippen LogP contribution in [0.5, 0.6) is 0 Å². The molecule has 1 aromatic rings. The molecule has 1 aliphatic rings. The van der Waals surface area contributed by atoms with Gasteiger partial charge in [-0.2, -0.15) is 0 Å². The molecule has 0 aliphatic heterocycles. The molecule has 22 heavy (non-hydrogen) atoms. The van der Waals surface area contributed by atoms with Gasteiger partial charge in [0.05, 0.1) is 10.6 Å². The topological polar surface area (TPSA) is 95.5 Å². The molecule has 6 nitrogen and oxygen atoms in total. The minimum absolute atomic E-state index is 0.135. The van der Waals surface area contributed by atoms with E-state index in [0.717, 1.165) is 0 Å². The molecule has 0 unspecified atom stereocenters. The van der Waals surface area contributed by atoms with Crippen molar-refractivity contribution in [3.05, 3.63) is 28.8 Å². The van der Waals surface area contributed by atoms with Crippen molar-refractivity contribution in [1.29, 1.82) is 0 Å². The Morgan fingerprint density at radius 3 is 2.41 bits per heavy atom. The number of benzene rings is 1. The molecule has 3 N–H and O–H groups in total. The molecular weight excluding hydrogens is 308 g/mol. The fraction of sp³-hybridized carbons (Fsp3) is 0.400. The Labute approximate surface area is 132 Å². The van der Waals surface area contributed by atoms with Crippen molar-refractivity contribution in [3.8, 4) is 0 Å². The van der Waals surface area contributed by atoms with E-state index in [9.17, 15) is 14.4 Å². The second-order valence-electron chi connectivity index (χ2n) is 5.68. The van der Waals surface area contributed by atoms with Crippen LogP contribution in [-0.2, 0) is 9.59 Å². The lowest BCUT2D eigenvalue weighted by atomic mass is 10.1. The number of hydrogen-bond acceptors (Lipinski definition) is 3. The molecule has 0 heterocycles. The number of carboxylic acid groups (broad SMARTS) is 1. The maximum Gasteiger partial charge on any atom is 0.329 e. The summed E-state index contributed by atoms with van der Waals surface area (Å²) in [6, 6.07) is 4.52. The maximum atomic E-state index is 12.2. The molecule has 7 heteroatoms. The van der Waals surface area contributed by atoms with Crippen LogP contribution < -0.4 is 10.6 Å². The Bertz CT molecular complexity index is 638. The summed E-state index contributed by atoms with van der Waals surface area (Å²) in [6.45, 7) is 3.51. The van der Waals surface area contributed by atoms with E-state index in [1.807, 2.05) is 0 Å². The van der Waals surface area contributed by atoms with E-state index in [1.54, 1.807) is 19.9 Å². The van der Waals surface area contributed by atoms with Gasteiger partial charge < -0.3 is 15.7 Å². The largest absolute Gasteiger partial charge is 0.480 e. The molecule has 118 valence electrons. The molecule has 0 radical (unpaired) electrons. The molecule has 0 aromatic heterocycles. The zero-order valence-corrected chi connectivity index (χ0v) is 13.0. The first-order valence-corrected chi connectivity index (χ1v) is 7.29. The normalized spacial score (nSPS) is 15.3. The van der Waals surface area contributed by atoms with Crippen molar-refractivity contribution >= 4 is 35.1 Å². The van der Waals surface area contributed by atoms with Gasteiger partial charge >= 0.3 is 5.97 Å². The summed E-state index contributed by atoms with van der Waals surface area (Å²) >= 11 is 6.00. The summed E-state index contributed by atoms with van der Waals surface area (Å²) in [5.74, 6) is -2.00. The SMILES string of the molecule is CC(C)C(=O)Nc1ccc(Cl)c(C(=O)NC2(C(=O)O)CC2)c1. The maximum absolute atomic E-state index is 12.2. The standard InChI is InChI=1S/C15H17ClN2O4/c1-8(2)12(19)17-9-3-4-11(16)10(7-9)13(20)18-15(5-6-15)14(21)22/h3-4,7-8H,5-6H2,1-2H3,(H,17,19)(H,18,20)(H,21,22). The highest BCUT2D eigenvalue weighted by molar-refractivity contribution is 6.34. The summed E-state index contributed by atoms with van der Waals surface area (Å²) in [4.78, 5) is 35.0. The van der Waals surface area contributed by atoms with Gasteiger partial charge in [-0.15, -0.1) is 0 Å². The third-order valence-corrected chi connectivity index (χ3v) is 3.84. The van der Waals surface area contributed by atoms with Gasteiger partial charge in [-0.1, -0.05) is 25.4 Å². The molecule has 0 bridgehead atoms. The Kier molecular flexibility index (Phi) is 4.42. The number of rotatable bonds is 5. The van der Waals surface area contributed by atoms with E-state index in [1.165, 1.54) is 12.1 Å². The van der Waals surface area contributed by atoms with Crippen LogP contribution in [0.4, 0.5) is 5.69 Å². The molecule has 1 aromatic carbocycles. The summed E-state index contributed by atoms with van der Waals surface area (Å²) in [6.07, 6.45) is 0.797. The van der Waals surface area contributed by atoms with Crippen LogP contribution in [0.3, 0.4) is 0 Å². The molecule has 2 amide bonds. The van der Waals surface area contributed by atoms with Crippen LogP contribution in [0.2, 0.25) is 5.02 Å². The predicted molar refractivity (Wildman–Crippen MR) is 82.0 cm³/mol. The summed E-state index contributed by atoms with van der Waals surface area (Å²) in [5.41, 5.74) is -0.610. The van der Waals surface area contributed by atoms with Crippen molar-refractivity contribution in [2.75, 3.05) is 5.32 Å². The van der Waals surface area contributed by atoms with Gasteiger partial charge in [0.15, 0.2) is 0 Å². The highest BCUT2D eigenvalue weighted by Gasteiger charge is 2.51. The van der Waals surface area contributed by atoms with E-state index in [2.05, 4.69) is 10.6 Å². The van der Waals surface area contributed by atoms with E-state index in [-0.39, 0.29) is 22.4 Å². The molecule has 1 aliphatic carbocycles. The Balaban J connectivity index is 2.18. The zero-order chi connectivity index (χ0) is 16.5. The molecule has 0 saturated heterocycles. The third kappa shape index (κ3) is 3.39. The first-order valence-electron chi connectivity index (χ1n) is 6.91. The van der Waals surface area contributed by atoms with E-state index < -0.39 is 17.4 Å². The smallest absolute Gasteiger partial charge is 0.329 e. The van der Waals surface area contributed by atoms with Gasteiger partial charge in [-0.25, -0.2) is 4.79 Å². The molecule has 1 saturated carbocycles. The number of carbonyl (C=O) groups excluding carboxylic acids is 2. The van der Waals surface area contributed by atoms with E-state index in [0.29, 0.717) is 18.5 Å². The van der Waals surface area contributed by atoms with Crippen molar-refractivity contribution in [3.63, 3.8) is 0 Å². The van der Waals surface area contributed by atoms with Crippen LogP contribution in [0.1, 0.15) is 37.0 Å². The molecule has 2 rings (SSSR count). The number of anilines is 1. The third-order valence-electron chi connectivity index (χ3n) is 3.52. The Morgan fingerprint density at radius 2 is 1.91 bits per heavy atom. The highest BCUT2D eigenvalue weighted by atomic mass is 35.5. The number of carbonyl (C=O) groups is 3. The van der Waals surface area contributed by atoms with Crippen LogP contribution in [-0.4, -0.2) is 28.4 Å². The number of amides is 2. The fourth-order valence-corrected chi connectivity index (χ4v) is 2.07. The average Bonchev–Trinajstić information content (AvgIpc) is 3.21. The average molecular weight is 325 g/mol. The van der Waals surface area contributed by atoms with Gasteiger partial charge in [-0.3, -0.25) is 9.59 Å². The summed E-state index contributed by atoms with van der Waals surface area (Å²) < 4.78 is 0. The van der Waals surface area contributed by atoms with E-state index >= 15 is 0 Å². The van der Waals surface area contributed by atoms with Crippen molar-refractivity contribution < 1.29 is 19.5 Å². The van der Waals surface area contributed by atoms with Gasteiger partial charge in [-0.05, 0) is 31.0 Å². The summed E-state index contributed by atoms with van der Waals surface area (Å²) in [7, 11) is 0. The number of halogens is 1. The van der Waals surface area contributed by atoms with Gasteiger partial charge in [0.2, 0.25) is 5.91 Å². The van der Waals surface area contributed by atoms with Crippen LogP contribution >= 0.6 is 11.6 Å². The highest BCUT2D eigenvalue weighted by Crippen LogP contribution is 2.36. The lowest BCUT2D eigenvalue weighted by Crippen LogP contribution is -2.43. The van der Waals surface area contributed by atoms with Crippen LogP contribution in [0.15, 0.2) is 18.2 Å². The number of carboxylic acids is 1. The molecule has 1 fully saturated rings. The summed E-state index contributed by atoms with van der Waals surface area (Å²) in [5, 5.41) is 14.5. The van der Waals surface area contributed by atoms with Crippen LogP contribution in [0.25, 0.3) is 0 Å². The minimum Gasteiger partial charge on any atom is -0.480 e. The van der Waals surface area contributed by atoms with E-state index in [4.69, 9.17) is 16.7 Å². The predicted octanol–water partition coefficient (Wildman–Crippen LogP) is 2.28. The second-order valence-corrected chi connectivity index (χ2v) is 6.09. The van der Waals surface area contributed by atoms with Crippen molar-refractivity contribution in [2.45, 2.75) is 32.2 Å². The van der Waals surface area contributed by atoms with Gasteiger partial charge in [0.25, 0.3) is 5.91 Å². The molecule has 0 atom stereocenters. The van der Waals surface area contributed by atoms with Crippen LogP contribution in [0, 0.1) is 5.92 Å². The second kappa shape index (κ2) is 5.96. The van der Waals surface area contributed by atoms with Crippen molar-refractivity contribution in [2.24, 2.45) is 5.92 Å². The monoisotopic (exact) mass is 324 g/mol. The van der Waals surface area contributed by atoms with Gasteiger partial charge in [0.1, 0.15) is 5.54 Å². The number of aliphatic carboxylic acids is 1. The Morgan fingerprint density at radius 1 is 1.27 bits per heavy atom. The molecule has 0 spiro atoms. The first kappa shape index (κ1) is 16.3.